The molecule has 3 fully saturated rings. The van der Waals surface area contributed by atoms with Gasteiger partial charge in [-0.3, -0.25) is 9.79 Å². The minimum absolute atomic E-state index is 0.0236. The molecule has 3 saturated carbocycles. The van der Waals surface area contributed by atoms with E-state index in [-0.39, 0.29) is 34.4 Å². The van der Waals surface area contributed by atoms with Gasteiger partial charge < -0.3 is 15.4 Å². The molecule has 3 aliphatic carbocycles. The first-order valence-corrected chi connectivity index (χ1v) is 11.6. The Hall–Kier alpha value is -2.31. The van der Waals surface area contributed by atoms with Crippen molar-refractivity contribution in [3.05, 3.63) is 63.9 Å². The van der Waals surface area contributed by atoms with Gasteiger partial charge in [-0.15, -0.1) is 0 Å². The monoisotopic (exact) mass is 475 g/mol. The zero-order chi connectivity index (χ0) is 22.3. The summed E-state index contributed by atoms with van der Waals surface area (Å²) >= 11 is 11.7. The second kappa shape index (κ2) is 8.23. The van der Waals surface area contributed by atoms with E-state index in [0.29, 0.717) is 5.92 Å². The lowest BCUT2D eigenvalue weighted by molar-refractivity contribution is -0.140. The van der Waals surface area contributed by atoms with E-state index in [4.69, 9.17) is 32.9 Å². The van der Waals surface area contributed by atoms with Gasteiger partial charge in [-0.2, -0.15) is 0 Å². The van der Waals surface area contributed by atoms with Crippen LogP contribution in [0.4, 0.5) is 4.39 Å². The lowest BCUT2D eigenvalue weighted by Crippen LogP contribution is -2.84. The topological polar surface area (TPSA) is 62.7 Å². The van der Waals surface area contributed by atoms with Gasteiger partial charge in [-0.1, -0.05) is 35.3 Å². The molecule has 1 unspecified atom stereocenters. The number of ether oxygens (including phenoxy) is 1. The highest BCUT2D eigenvalue weighted by Crippen LogP contribution is 2.60. The Morgan fingerprint density at radius 3 is 2.59 bits per heavy atom. The molecule has 2 bridgehead atoms. The summed E-state index contributed by atoms with van der Waals surface area (Å²) in [6, 6.07) is 12.2. The van der Waals surface area contributed by atoms with Crippen LogP contribution in [0.15, 0.2) is 47.5 Å². The van der Waals surface area contributed by atoms with Crippen LogP contribution >= 0.6 is 23.2 Å². The Bertz CT molecular complexity index is 1050. The molecule has 0 saturated heterocycles. The summed E-state index contributed by atoms with van der Waals surface area (Å²) in [6.07, 6.45) is 4.58. The standard InChI is InChI=1S/C24H24Cl2FN3O2/c25-17-3-1-15(2-4-17)16-7-8-28-21(9-16)29-23-12-24(13-23,14-23)30-22(31)11-32-18-5-6-19(26)20(27)10-18/h1-6,10,16H,7-9,11-14H2,(H,28,29)(H,30,31). The molecule has 2 N–H and O–H groups in total. The van der Waals surface area contributed by atoms with Crippen LogP contribution in [-0.4, -0.2) is 36.0 Å². The van der Waals surface area contributed by atoms with Crippen molar-refractivity contribution in [3.8, 4) is 5.75 Å². The number of aliphatic imine (C=N–C) groups is 1. The van der Waals surface area contributed by atoms with E-state index >= 15 is 0 Å². The molecule has 1 atom stereocenters. The van der Waals surface area contributed by atoms with Crippen molar-refractivity contribution in [1.82, 2.24) is 10.6 Å². The van der Waals surface area contributed by atoms with E-state index in [9.17, 15) is 9.18 Å². The number of carbonyl (C=O) groups is 1. The van der Waals surface area contributed by atoms with Crippen LogP contribution < -0.4 is 15.4 Å². The highest BCUT2D eigenvalue weighted by molar-refractivity contribution is 6.30. The summed E-state index contributed by atoms with van der Waals surface area (Å²) in [7, 11) is 0. The molecule has 0 radical (unpaired) electrons. The van der Waals surface area contributed by atoms with Crippen molar-refractivity contribution in [1.29, 1.82) is 0 Å². The van der Waals surface area contributed by atoms with Gasteiger partial charge in [0.1, 0.15) is 11.6 Å². The number of rotatable bonds is 6. The fraction of sp³-hybridized carbons (Fsp3) is 0.417. The molecular formula is C24H24Cl2FN3O2. The van der Waals surface area contributed by atoms with Gasteiger partial charge in [0.25, 0.3) is 5.91 Å². The smallest absolute Gasteiger partial charge is 0.258 e. The molecule has 168 valence electrons. The fourth-order valence-electron chi connectivity index (χ4n) is 5.27. The average Bonchev–Trinajstić information content (AvgIpc) is 2.73. The number of benzene rings is 2. The SMILES string of the molecule is O=C(COc1ccc(Cl)c(F)c1)NC12CC(NC3=NCCC(c4ccc(Cl)cc4)C3)(C1)C2. The largest absolute Gasteiger partial charge is 0.484 e. The Labute approximate surface area is 196 Å². The minimum atomic E-state index is -0.569. The second-order valence-corrected chi connectivity index (χ2v) is 10.0. The third-order valence-corrected chi connectivity index (χ3v) is 7.23. The predicted octanol–water partition coefficient (Wildman–Crippen LogP) is 4.87. The predicted molar refractivity (Wildman–Crippen MR) is 123 cm³/mol. The molecular weight excluding hydrogens is 452 g/mol. The van der Waals surface area contributed by atoms with E-state index in [1.165, 1.54) is 17.7 Å². The van der Waals surface area contributed by atoms with Crippen LogP contribution in [0, 0.1) is 5.82 Å². The van der Waals surface area contributed by atoms with Gasteiger partial charge in [-0.05, 0) is 61.4 Å². The van der Waals surface area contributed by atoms with E-state index in [1.807, 2.05) is 12.1 Å². The van der Waals surface area contributed by atoms with Crippen molar-refractivity contribution in [2.75, 3.05) is 13.2 Å². The van der Waals surface area contributed by atoms with E-state index in [2.05, 4.69) is 22.8 Å². The molecule has 4 aliphatic rings. The summed E-state index contributed by atoms with van der Waals surface area (Å²) in [6.45, 7) is 0.662. The maximum Gasteiger partial charge on any atom is 0.258 e. The first kappa shape index (κ1) is 21.5. The maximum absolute atomic E-state index is 13.5. The number of nitrogens with zero attached hydrogens (tertiary/aromatic N) is 1. The number of carbonyl (C=O) groups excluding carboxylic acids is 1. The number of hydrogen-bond donors (Lipinski definition) is 2. The molecule has 1 aliphatic heterocycles. The van der Waals surface area contributed by atoms with Crippen molar-refractivity contribution >= 4 is 34.9 Å². The molecule has 32 heavy (non-hydrogen) atoms. The van der Waals surface area contributed by atoms with Gasteiger partial charge >= 0.3 is 0 Å². The lowest BCUT2D eigenvalue weighted by atomic mass is 9.44. The van der Waals surface area contributed by atoms with Crippen LogP contribution in [0.2, 0.25) is 10.0 Å². The fourth-order valence-corrected chi connectivity index (χ4v) is 5.52. The zero-order valence-corrected chi connectivity index (χ0v) is 19.0. The maximum atomic E-state index is 13.5. The normalized spacial score (nSPS) is 28.1. The Kier molecular flexibility index (Phi) is 5.54. The summed E-state index contributed by atoms with van der Waals surface area (Å²) in [5.41, 5.74) is 1.17. The van der Waals surface area contributed by atoms with Crippen molar-refractivity contribution in [2.45, 2.75) is 49.1 Å². The third-order valence-electron chi connectivity index (χ3n) is 6.67. The quantitative estimate of drug-likeness (QED) is 0.626. The number of nitrogens with one attached hydrogen (secondary N) is 2. The number of hydrogen-bond acceptors (Lipinski definition) is 4. The molecule has 2 aromatic carbocycles. The van der Waals surface area contributed by atoms with Crippen LogP contribution in [0.25, 0.3) is 0 Å². The lowest BCUT2D eigenvalue weighted by Gasteiger charge is -2.70. The number of halogens is 3. The van der Waals surface area contributed by atoms with Crippen LogP contribution in [0.1, 0.15) is 43.6 Å². The molecule has 0 aromatic heterocycles. The molecule has 5 nitrogen and oxygen atoms in total. The highest BCUT2D eigenvalue weighted by Gasteiger charge is 2.69. The van der Waals surface area contributed by atoms with E-state index < -0.39 is 5.82 Å². The van der Waals surface area contributed by atoms with Gasteiger partial charge in [0.15, 0.2) is 6.61 Å². The van der Waals surface area contributed by atoms with Crippen LogP contribution in [0.5, 0.6) is 5.75 Å². The first-order chi connectivity index (χ1) is 15.3. The molecule has 1 heterocycles. The Morgan fingerprint density at radius 1 is 1.12 bits per heavy atom. The van der Waals surface area contributed by atoms with Gasteiger partial charge in [0, 0.05) is 35.1 Å². The van der Waals surface area contributed by atoms with Gasteiger partial charge in [0.2, 0.25) is 0 Å². The number of amides is 1. The molecule has 6 rings (SSSR count). The molecule has 8 heteroatoms. The van der Waals surface area contributed by atoms with E-state index in [0.717, 1.165) is 49.5 Å². The highest BCUT2D eigenvalue weighted by atomic mass is 35.5. The average molecular weight is 476 g/mol. The minimum Gasteiger partial charge on any atom is -0.484 e. The molecule has 1 amide bonds. The Balaban J connectivity index is 1.08. The summed E-state index contributed by atoms with van der Waals surface area (Å²) in [4.78, 5) is 17.0. The van der Waals surface area contributed by atoms with Crippen molar-refractivity contribution in [3.63, 3.8) is 0 Å². The van der Waals surface area contributed by atoms with E-state index in [1.54, 1.807) is 6.07 Å². The second-order valence-electron chi connectivity index (χ2n) is 9.20. The summed E-state index contributed by atoms with van der Waals surface area (Å²) in [5.74, 6) is 1.02. The third kappa shape index (κ3) is 4.30. The van der Waals surface area contributed by atoms with Crippen LogP contribution in [-0.2, 0) is 4.79 Å². The van der Waals surface area contributed by atoms with Gasteiger partial charge in [-0.25, -0.2) is 4.39 Å². The van der Waals surface area contributed by atoms with Crippen molar-refractivity contribution < 1.29 is 13.9 Å². The summed E-state index contributed by atoms with van der Waals surface area (Å²) < 4.78 is 18.9. The Morgan fingerprint density at radius 2 is 1.88 bits per heavy atom. The number of amidine groups is 1. The van der Waals surface area contributed by atoms with Gasteiger partial charge in [0.05, 0.1) is 10.9 Å². The van der Waals surface area contributed by atoms with Crippen molar-refractivity contribution in [2.24, 2.45) is 4.99 Å². The zero-order valence-electron chi connectivity index (χ0n) is 17.5. The molecule has 0 spiro atoms. The molecule has 2 aromatic rings. The summed E-state index contributed by atoms with van der Waals surface area (Å²) in [5, 5.41) is 7.52. The van der Waals surface area contributed by atoms with Crippen LogP contribution in [0.3, 0.4) is 0 Å². The first-order valence-electron chi connectivity index (χ1n) is 10.8.